The molecular formula is C18H20O. The van der Waals surface area contributed by atoms with Gasteiger partial charge in [-0.2, -0.15) is 0 Å². The number of methoxy groups -OCH3 is 1. The molecule has 0 radical (unpaired) electrons. The zero-order valence-electron chi connectivity index (χ0n) is 11.7. The van der Waals surface area contributed by atoms with Gasteiger partial charge in [-0.15, -0.1) is 0 Å². The molecule has 19 heavy (non-hydrogen) atoms. The van der Waals surface area contributed by atoms with Crippen molar-refractivity contribution in [1.82, 2.24) is 0 Å². The number of benzene rings is 2. The Morgan fingerprint density at radius 3 is 2.37 bits per heavy atom. The largest absolute Gasteiger partial charge is 0.497 e. The molecule has 0 aromatic heterocycles. The Kier molecular flexibility index (Phi) is 3.29. The first kappa shape index (κ1) is 12.3. The molecule has 1 nitrogen and oxygen atoms in total. The van der Waals surface area contributed by atoms with Crippen molar-refractivity contribution >= 4 is 16.3 Å². The van der Waals surface area contributed by atoms with Crippen molar-refractivity contribution < 1.29 is 4.74 Å². The Bertz CT molecular complexity index is 629. The molecule has 0 N–H and O–H groups in total. The van der Waals surface area contributed by atoms with Crippen LogP contribution >= 0.6 is 0 Å². The number of rotatable bonds is 2. The van der Waals surface area contributed by atoms with Gasteiger partial charge in [0.1, 0.15) is 5.75 Å². The van der Waals surface area contributed by atoms with E-state index in [1.54, 1.807) is 12.7 Å². The molecule has 2 aromatic rings. The number of ether oxygens (including phenoxy) is 1. The van der Waals surface area contributed by atoms with Crippen LogP contribution in [0, 0.1) is 0 Å². The molecule has 1 heteroatoms. The fraction of sp³-hybridized carbons (Fsp3) is 0.333. The summed E-state index contributed by atoms with van der Waals surface area (Å²) < 4.78 is 5.27. The summed E-state index contributed by atoms with van der Waals surface area (Å²) in [6, 6.07) is 13.0. The van der Waals surface area contributed by atoms with Crippen LogP contribution in [0.15, 0.2) is 42.0 Å². The first-order chi connectivity index (χ1) is 9.28. The summed E-state index contributed by atoms with van der Waals surface area (Å²) in [6.07, 6.45) is 5.29. The van der Waals surface area contributed by atoms with Gasteiger partial charge >= 0.3 is 0 Å². The second-order valence-corrected chi connectivity index (χ2v) is 5.36. The second kappa shape index (κ2) is 5.08. The van der Waals surface area contributed by atoms with E-state index in [1.807, 2.05) is 6.07 Å². The van der Waals surface area contributed by atoms with Crippen molar-refractivity contribution in [2.45, 2.75) is 32.6 Å². The van der Waals surface area contributed by atoms with Crippen molar-refractivity contribution in [1.29, 1.82) is 0 Å². The first-order valence-electron chi connectivity index (χ1n) is 7.05. The monoisotopic (exact) mass is 252 g/mol. The summed E-state index contributed by atoms with van der Waals surface area (Å²) in [6.45, 7) is 2.27. The van der Waals surface area contributed by atoms with Crippen LogP contribution in [0.4, 0.5) is 0 Å². The van der Waals surface area contributed by atoms with Gasteiger partial charge in [0.2, 0.25) is 0 Å². The van der Waals surface area contributed by atoms with Gasteiger partial charge in [-0.05, 0) is 72.7 Å². The average Bonchev–Trinajstić information content (AvgIpc) is 2.99. The molecule has 98 valence electrons. The Morgan fingerprint density at radius 2 is 1.63 bits per heavy atom. The number of allylic oxidation sites excluding steroid dienone is 2. The van der Waals surface area contributed by atoms with Crippen LogP contribution in [0.2, 0.25) is 0 Å². The molecule has 1 fully saturated rings. The predicted molar refractivity (Wildman–Crippen MR) is 81.6 cm³/mol. The third-order valence-electron chi connectivity index (χ3n) is 4.22. The molecule has 1 saturated carbocycles. The topological polar surface area (TPSA) is 9.23 Å². The van der Waals surface area contributed by atoms with E-state index in [1.165, 1.54) is 47.6 Å². The third-order valence-corrected chi connectivity index (χ3v) is 4.22. The Labute approximate surface area is 114 Å². The van der Waals surface area contributed by atoms with Gasteiger partial charge in [0.15, 0.2) is 0 Å². The van der Waals surface area contributed by atoms with Crippen molar-refractivity contribution in [3.63, 3.8) is 0 Å². The third kappa shape index (κ3) is 2.37. The first-order valence-corrected chi connectivity index (χ1v) is 7.05. The lowest BCUT2D eigenvalue weighted by molar-refractivity contribution is 0.415. The zero-order valence-corrected chi connectivity index (χ0v) is 11.7. The van der Waals surface area contributed by atoms with E-state index in [-0.39, 0.29) is 0 Å². The highest BCUT2D eigenvalue weighted by atomic mass is 16.5. The molecule has 1 aliphatic carbocycles. The quantitative estimate of drug-likeness (QED) is 0.714. The van der Waals surface area contributed by atoms with Gasteiger partial charge in [-0.3, -0.25) is 0 Å². The molecule has 0 saturated heterocycles. The molecule has 0 amide bonds. The van der Waals surface area contributed by atoms with Crippen LogP contribution in [-0.2, 0) is 0 Å². The van der Waals surface area contributed by atoms with Crippen LogP contribution in [0.25, 0.3) is 16.3 Å². The highest BCUT2D eigenvalue weighted by molar-refractivity contribution is 5.87. The summed E-state index contributed by atoms with van der Waals surface area (Å²) in [7, 11) is 1.71. The summed E-state index contributed by atoms with van der Waals surface area (Å²) in [4.78, 5) is 0. The van der Waals surface area contributed by atoms with Gasteiger partial charge in [0.25, 0.3) is 0 Å². The number of hydrogen-bond acceptors (Lipinski definition) is 1. The van der Waals surface area contributed by atoms with Gasteiger partial charge in [0, 0.05) is 0 Å². The van der Waals surface area contributed by atoms with Crippen molar-refractivity contribution in [3.8, 4) is 5.75 Å². The highest BCUT2D eigenvalue weighted by Crippen LogP contribution is 2.32. The summed E-state index contributed by atoms with van der Waals surface area (Å²) >= 11 is 0. The Hall–Kier alpha value is -1.76. The van der Waals surface area contributed by atoms with E-state index in [0.29, 0.717) is 0 Å². The molecule has 2 aromatic carbocycles. The van der Waals surface area contributed by atoms with E-state index >= 15 is 0 Å². The molecule has 0 bridgehead atoms. The van der Waals surface area contributed by atoms with Crippen molar-refractivity contribution in [2.24, 2.45) is 0 Å². The number of fused-ring (bicyclic) bond motifs is 1. The van der Waals surface area contributed by atoms with E-state index in [0.717, 1.165) is 5.75 Å². The minimum Gasteiger partial charge on any atom is -0.497 e. The summed E-state index contributed by atoms with van der Waals surface area (Å²) in [5, 5.41) is 2.53. The molecule has 3 rings (SSSR count). The van der Waals surface area contributed by atoms with E-state index in [4.69, 9.17) is 4.74 Å². The minimum absolute atomic E-state index is 0.922. The summed E-state index contributed by atoms with van der Waals surface area (Å²) in [5.41, 5.74) is 4.50. The predicted octanol–water partition coefficient (Wildman–Crippen LogP) is 5.20. The standard InChI is InChI=1S/C18H20O/c1-13(14-5-3-4-6-14)15-7-8-17-12-18(19-2)10-9-16(17)11-15/h7-12H,3-6H2,1-2H3. The lowest BCUT2D eigenvalue weighted by Crippen LogP contribution is -1.86. The normalized spacial score (nSPS) is 14.9. The number of hydrogen-bond donors (Lipinski definition) is 0. The molecular weight excluding hydrogens is 232 g/mol. The molecule has 0 atom stereocenters. The van der Waals surface area contributed by atoms with Crippen molar-refractivity contribution in [2.75, 3.05) is 7.11 Å². The zero-order chi connectivity index (χ0) is 13.2. The molecule has 1 aliphatic rings. The minimum atomic E-state index is 0.922. The maximum Gasteiger partial charge on any atom is 0.119 e. The smallest absolute Gasteiger partial charge is 0.119 e. The van der Waals surface area contributed by atoms with Gasteiger partial charge in [-0.1, -0.05) is 23.8 Å². The molecule has 0 spiro atoms. The molecule has 0 aliphatic heterocycles. The highest BCUT2D eigenvalue weighted by Gasteiger charge is 2.11. The maximum atomic E-state index is 5.27. The average molecular weight is 252 g/mol. The van der Waals surface area contributed by atoms with Crippen LogP contribution < -0.4 is 4.74 Å². The van der Waals surface area contributed by atoms with Crippen LogP contribution in [0.5, 0.6) is 5.75 Å². The lowest BCUT2D eigenvalue weighted by atomic mass is 9.97. The van der Waals surface area contributed by atoms with E-state index in [9.17, 15) is 0 Å². The van der Waals surface area contributed by atoms with E-state index in [2.05, 4.69) is 37.3 Å². The fourth-order valence-corrected chi connectivity index (χ4v) is 2.96. The molecule has 0 unspecified atom stereocenters. The second-order valence-electron chi connectivity index (χ2n) is 5.36. The molecule has 0 heterocycles. The van der Waals surface area contributed by atoms with Gasteiger partial charge in [-0.25, -0.2) is 0 Å². The van der Waals surface area contributed by atoms with Gasteiger partial charge in [0.05, 0.1) is 7.11 Å². The Morgan fingerprint density at radius 1 is 0.947 bits per heavy atom. The van der Waals surface area contributed by atoms with E-state index < -0.39 is 0 Å². The van der Waals surface area contributed by atoms with Gasteiger partial charge < -0.3 is 4.74 Å². The maximum absolute atomic E-state index is 5.27. The lowest BCUT2D eigenvalue weighted by Gasteiger charge is -2.09. The summed E-state index contributed by atoms with van der Waals surface area (Å²) in [5.74, 6) is 0.922. The fourth-order valence-electron chi connectivity index (χ4n) is 2.96. The SMILES string of the molecule is COc1ccc2cc(C(C)=C3CCCC3)ccc2c1. The van der Waals surface area contributed by atoms with Crippen LogP contribution in [-0.4, -0.2) is 7.11 Å². The Balaban J connectivity index is 2.04. The van der Waals surface area contributed by atoms with Crippen molar-refractivity contribution in [3.05, 3.63) is 47.5 Å². The van der Waals surface area contributed by atoms with Crippen LogP contribution in [0.3, 0.4) is 0 Å². The van der Waals surface area contributed by atoms with Crippen LogP contribution in [0.1, 0.15) is 38.2 Å².